The monoisotopic (exact) mass is 449 g/mol. The third kappa shape index (κ3) is 3.81. The molecule has 1 unspecified atom stereocenters. The van der Waals surface area contributed by atoms with Crippen LogP contribution in [0.2, 0.25) is 0 Å². The van der Waals surface area contributed by atoms with Crippen LogP contribution in [-0.2, 0) is 9.59 Å². The van der Waals surface area contributed by atoms with Gasteiger partial charge in [-0.2, -0.15) is 4.68 Å². The second-order valence-electron chi connectivity index (χ2n) is 8.00. The molecule has 0 spiro atoms. The molecule has 2 N–H and O–H groups in total. The topological polar surface area (TPSA) is 122 Å². The molecule has 168 valence electrons. The number of tetrazole rings is 1. The van der Waals surface area contributed by atoms with Crippen molar-refractivity contribution in [3.8, 4) is 5.69 Å². The van der Waals surface area contributed by atoms with E-state index in [0.717, 1.165) is 12.8 Å². The number of amides is 3. The highest BCUT2D eigenvalue weighted by atomic mass is 19.1. The Morgan fingerprint density at radius 1 is 1.18 bits per heavy atom. The standard InChI is InChI=1S/C22H20FN7O3/c1-12-26-27-28-30(12)14-8-9-17(23)18(10-14)25-19(31)11-24-21(32)20-15-4-2-3-5-16(15)22(33)29(20)13-6-7-13/h2-5,8-10,13,20H,6-7,11H2,1H3,(H,24,32)(H,25,31). The van der Waals surface area contributed by atoms with Crippen molar-refractivity contribution in [2.24, 2.45) is 0 Å². The van der Waals surface area contributed by atoms with E-state index < -0.39 is 23.7 Å². The minimum Gasteiger partial charge on any atom is -0.345 e. The lowest BCUT2D eigenvalue weighted by Gasteiger charge is -2.24. The second kappa shape index (κ2) is 8.08. The molecular weight excluding hydrogens is 429 g/mol. The van der Waals surface area contributed by atoms with Gasteiger partial charge in [-0.05, 0) is 60.0 Å². The van der Waals surface area contributed by atoms with Crippen LogP contribution < -0.4 is 10.6 Å². The lowest BCUT2D eigenvalue weighted by atomic mass is 10.0. The van der Waals surface area contributed by atoms with Crippen molar-refractivity contribution in [3.05, 3.63) is 65.2 Å². The maximum Gasteiger partial charge on any atom is 0.255 e. The fourth-order valence-electron chi connectivity index (χ4n) is 4.00. The fourth-order valence-corrected chi connectivity index (χ4v) is 4.00. The summed E-state index contributed by atoms with van der Waals surface area (Å²) in [6.45, 7) is 1.31. The van der Waals surface area contributed by atoms with Gasteiger partial charge in [-0.25, -0.2) is 4.39 Å². The van der Waals surface area contributed by atoms with Gasteiger partial charge in [0.1, 0.15) is 11.9 Å². The number of benzene rings is 2. The Morgan fingerprint density at radius 2 is 1.97 bits per heavy atom. The van der Waals surface area contributed by atoms with Crippen LogP contribution in [0, 0.1) is 12.7 Å². The average molecular weight is 449 g/mol. The number of nitrogens with zero attached hydrogens (tertiary/aromatic N) is 5. The maximum atomic E-state index is 14.3. The highest BCUT2D eigenvalue weighted by molar-refractivity contribution is 6.05. The summed E-state index contributed by atoms with van der Waals surface area (Å²) in [5.41, 5.74) is 1.54. The van der Waals surface area contributed by atoms with Crippen molar-refractivity contribution in [1.29, 1.82) is 0 Å². The van der Waals surface area contributed by atoms with Gasteiger partial charge in [-0.1, -0.05) is 18.2 Å². The predicted molar refractivity (Wildman–Crippen MR) is 114 cm³/mol. The van der Waals surface area contributed by atoms with E-state index in [2.05, 4.69) is 26.2 Å². The molecule has 3 amide bonds. The molecule has 1 atom stereocenters. The Morgan fingerprint density at radius 3 is 2.70 bits per heavy atom. The zero-order valence-corrected chi connectivity index (χ0v) is 17.7. The van der Waals surface area contributed by atoms with E-state index >= 15 is 0 Å². The van der Waals surface area contributed by atoms with Gasteiger partial charge in [0.2, 0.25) is 11.8 Å². The fraction of sp³-hybridized carbons (Fsp3) is 0.273. The maximum absolute atomic E-state index is 14.3. The molecule has 10 nitrogen and oxygen atoms in total. The Labute approximate surface area is 187 Å². The number of carbonyl (C=O) groups excluding carboxylic acids is 3. The van der Waals surface area contributed by atoms with Crippen molar-refractivity contribution in [1.82, 2.24) is 30.4 Å². The lowest BCUT2D eigenvalue weighted by Crippen LogP contribution is -2.42. The van der Waals surface area contributed by atoms with E-state index in [9.17, 15) is 18.8 Å². The molecule has 2 aromatic carbocycles. The second-order valence-corrected chi connectivity index (χ2v) is 8.00. The molecule has 1 saturated carbocycles. The number of fused-ring (bicyclic) bond motifs is 1. The number of anilines is 1. The van der Waals surface area contributed by atoms with Crippen LogP contribution in [0.4, 0.5) is 10.1 Å². The number of aryl methyl sites for hydroxylation is 1. The minimum atomic E-state index is -0.781. The van der Waals surface area contributed by atoms with Crippen molar-refractivity contribution in [3.63, 3.8) is 0 Å². The van der Waals surface area contributed by atoms with Crippen molar-refractivity contribution < 1.29 is 18.8 Å². The van der Waals surface area contributed by atoms with Gasteiger partial charge in [0, 0.05) is 11.6 Å². The highest BCUT2D eigenvalue weighted by Crippen LogP contribution is 2.41. The van der Waals surface area contributed by atoms with Crippen LogP contribution in [0.3, 0.4) is 0 Å². The molecule has 11 heteroatoms. The molecule has 1 fully saturated rings. The van der Waals surface area contributed by atoms with Crippen molar-refractivity contribution >= 4 is 23.4 Å². The SMILES string of the molecule is Cc1nnnn1-c1ccc(F)c(NC(=O)CNC(=O)C2c3ccccc3C(=O)N2C2CC2)c1. The molecule has 0 saturated heterocycles. The van der Waals surface area contributed by atoms with E-state index in [1.165, 1.54) is 22.9 Å². The molecular formula is C22H20FN7O3. The van der Waals surface area contributed by atoms with Crippen LogP contribution in [-0.4, -0.2) is 55.4 Å². The summed E-state index contributed by atoms with van der Waals surface area (Å²) in [5, 5.41) is 16.2. The molecule has 1 aromatic heterocycles. The van der Waals surface area contributed by atoms with Crippen LogP contribution >= 0.6 is 0 Å². The lowest BCUT2D eigenvalue weighted by molar-refractivity contribution is -0.127. The van der Waals surface area contributed by atoms with E-state index in [1.807, 2.05) is 0 Å². The number of halogens is 1. The first-order valence-corrected chi connectivity index (χ1v) is 10.5. The summed E-state index contributed by atoms with van der Waals surface area (Å²) in [4.78, 5) is 39.8. The van der Waals surface area contributed by atoms with Gasteiger partial charge in [-0.15, -0.1) is 5.10 Å². The van der Waals surface area contributed by atoms with Crippen LogP contribution in [0.15, 0.2) is 42.5 Å². The smallest absolute Gasteiger partial charge is 0.255 e. The van der Waals surface area contributed by atoms with Crippen LogP contribution in [0.25, 0.3) is 5.69 Å². The molecule has 0 bridgehead atoms. The molecule has 1 aliphatic carbocycles. The van der Waals surface area contributed by atoms with Gasteiger partial charge in [-0.3, -0.25) is 14.4 Å². The first-order chi connectivity index (χ1) is 15.9. The summed E-state index contributed by atoms with van der Waals surface area (Å²) in [5.74, 6) is -1.37. The summed E-state index contributed by atoms with van der Waals surface area (Å²) in [6, 6.07) is 10.3. The molecule has 1 aliphatic heterocycles. The van der Waals surface area contributed by atoms with Gasteiger partial charge in [0.05, 0.1) is 17.9 Å². The predicted octanol–water partition coefficient (Wildman–Crippen LogP) is 1.52. The largest absolute Gasteiger partial charge is 0.345 e. The Hall–Kier alpha value is -4.15. The number of hydrogen-bond donors (Lipinski definition) is 2. The number of hydrogen-bond acceptors (Lipinski definition) is 6. The summed E-state index contributed by atoms with van der Waals surface area (Å²) in [7, 11) is 0. The normalized spacial score (nSPS) is 17.1. The Kier molecular flexibility index (Phi) is 5.08. The van der Waals surface area contributed by atoms with Gasteiger partial charge in [0.15, 0.2) is 5.82 Å². The van der Waals surface area contributed by atoms with E-state index in [1.54, 1.807) is 36.1 Å². The molecule has 2 aliphatic rings. The van der Waals surface area contributed by atoms with Crippen LogP contribution in [0.5, 0.6) is 0 Å². The Balaban J connectivity index is 1.28. The molecule has 33 heavy (non-hydrogen) atoms. The molecule has 0 radical (unpaired) electrons. The van der Waals surface area contributed by atoms with Gasteiger partial charge >= 0.3 is 0 Å². The third-order valence-corrected chi connectivity index (χ3v) is 5.70. The molecule has 2 heterocycles. The van der Waals surface area contributed by atoms with Gasteiger partial charge < -0.3 is 15.5 Å². The Bertz CT molecular complexity index is 1270. The van der Waals surface area contributed by atoms with E-state index in [0.29, 0.717) is 22.6 Å². The third-order valence-electron chi connectivity index (χ3n) is 5.70. The first-order valence-electron chi connectivity index (χ1n) is 10.5. The average Bonchev–Trinajstić information content (AvgIpc) is 3.49. The first kappa shape index (κ1) is 20.7. The van der Waals surface area contributed by atoms with E-state index in [4.69, 9.17) is 0 Å². The minimum absolute atomic E-state index is 0.0287. The number of aromatic nitrogens is 4. The van der Waals surface area contributed by atoms with E-state index in [-0.39, 0.29) is 24.2 Å². The quantitative estimate of drug-likeness (QED) is 0.589. The van der Waals surface area contributed by atoms with Crippen LogP contribution in [0.1, 0.15) is 40.6 Å². The number of nitrogens with one attached hydrogen (secondary N) is 2. The highest BCUT2D eigenvalue weighted by Gasteiger charge is 2.47. The van der Waals surface area contributed by atoms with Crippen molar-refractivity contribution in [2.75, 3.05) is 11.9 Å². The van der Waals surface area contributed by atoms with Gasteiger partial charge in [0.25, 0.3) is 5.91 Å². The van der Waals surface area contributed by atoms with Crippen molar-refractivity contribution in [2.45, 2.75) is 31.8 Å². The zero-order chi connectivity index (χ0) is 23.1. The number of rotatable bonds is 6. The molecule has 3 aromatic rings. The summed E-state index contributed by atoms with van der Waals surface area (Å²) in [6.07, 6.45) is 1.70. The number of carbonyl (C=O) groups is 3. The summed E-state index contributed by atoms with van der Waals surface area (Å²) >= 11 is 0. The zero-order valence-electron chi connectivity index (χ0n) is 17.7. The summed E-state index contributed by atoms with van der Waals surface area (Å²) < 4.78 is 15.7. The molecule has 5 rings (SSSR count).